The molecule has 0 saturated carbocycles. The van der Waals surface area contributed by atoms with Crippen LogP contribution in [0.15, 0.2) is 23.2 Å². The Morgan fingerprint density at radius 3 is 2.83 bits per heavy atom. The third-order valence-electron chi connectivity index (χ3n) is 2.67. The molecule has 0 spiro atoms. The van der Waals surface area contributed by atoms with Crippen molar-refractivity contribution in [3.63, 3.8) is 0 Å². The van der Waals surface area contributed by atoms with E-state index >= 15 is 0 Å². The van der Waals surface area contributed by atoms with Crippen LogP contribution in [0, 0.1) is 0 Å². The van der Waals surface area contributed by atoms with Gasteiger partial charge in [-0.1, -0.05) is 6.07 Å². The number of hydrazine groups is 1. The lowest BCUT2D eigenvalue weighted by Gasteiger charge is -2.19. The second-order valence-electron chi connectivity index (χ2n) is 3.87. The molecule has 6 nitrogen and oxygen atoms in total. The minimum atomic E-state index is 0.576. The Balaban J connectivity index is 1.90. The van der Waals surface area contributed by atoms with E-state index in [2.05, 4.69) is 15.7 Å². The maximum Gasteiger partial charge on any atom is 0.205 e. The Morgan fingerprint density at radius 1 is 1.33 bits per heavy atom. The standard InChI is InChI=1S/C12H18N4O2/c1-14-12(16-13)15-5-4-9-2-3-10-11(8-9)18-7-6-17-10/h2-3,8H,4-7,13H2,1H3,(H2,14,15,16). The van der Waals surface area contributed by atoms with Gasteiger partial charge in [-0.05, 0) is 24.1 Å². The summed E-state index contributed by atoms with van der Waals surface area (Å²) in [5.41, 5.74) is 3.66. The van der Waals surface area contributed by atoms with Gasteiger partial charge in [-0.25, -0.2) is 5.84 Å². The van der Waals surface area contributed by atoms with Crippen LogP contribution in [0.5, 0.6) is 11.5 Å². The Hall–Kier alpha value is -1.95. The quantitative estimate of drug-likeness (QED) is 0.305. The van der Waals surface area contributed by atoms with E-state index in [1.807, 2.05) is 18.2 Å². The Morgan fingerprint density at radius 2 is 2.11 bits per heavy atom. The summed E-state index contributed by atoms with van der Waals surface area (Å²) in [6.45, 7) is 1.97. The maximum absolute atomic E-state index is 5.53. The summed E-state index contributed by atoms with van der Waals surface area (Å²) in [4.78, 5) is 3.93. The summed E-state index contributed by atoms with van der Waals surface area (Å²) in [5, 5.41) is 3.09. The molecule has 1 aromatic carbocycles. The molecule has 0 unspecified atom stereocenters. The molecule has 0 bridgehead atoms. The molecule has 1 aliphatic heterocycles. The zero-order valence-corrected chi connectivity index (χ0v) is 10.4. The van der Waals surface area contributed by atoms with Crippen molar-refractivity contribution in [1.29, 1.82) is 0 Å². The van der Waals surface area contributed by atoms with Gasteiger partial charge in [-0.15, -0.1) is 0 Å². The highest BCUT2D eigenvalue weighted by Gasteiger charge is 2.11. The van der Waals surface area contributed by atoms with Crippen LogP contribution < -0.4 is 26.1 Å². The van der Waals surface area contributed by atoms with Crippen LogP contribution in [0.25, 0.3) is 0 Å². The van der Waals surface area contributed by atoms with Gasteiger partial charge in [0, 0.05) is 13.6 Å². The number of guanidine groups is 1. The first-order valence-electron chi connectivity index (χ1n) is 5.89. The third kappa shape index (κ3) is 3.04. The van der Waals surface area contributed by atoms with Crippen LogP contribution in [0.4, 0.5) is 0 Å². The van der Waals surface area contributed by atoms with Crippen molar-refractivity contribution in [2.24, 2.45) is 10.8 Å². The number of hydrogen-bond acceptors (Lipinski definition) is 4. The fourth-order valence-corrected chi connectivity index (χ4v) is 1.76. The number of nitrogens with zero attached hydrogens (tertiary/aromatic N) is 1. The lowest BCUT2D eigenvalue weighted by atomic mass is 10.1. The van der Waals surface area contributed by atoms with Crippen molar-refractivity contribution in [3.8, 4) is 11.5 Å². The molecular weight excluding hydrogens is 232 g/mol. The highest BCUT2D eigenvalue weighted by Crippen LogP contribution is 2.30. The molecule has 4 N–H and O–H groups in total. The zero-order valence-electron chi connectivity index (χ0n) is 10.4. The topological polar surface area (TPSA) is 80.9 Å². The first kappa shape index (κ1) is 12.5. The average Bonchev–Trinajstić information content (AvgIpc) is 2.43. The van der Waals surface area contributed by atoms with E-state index in [4.69, 9.17) is 15.3 Å². The van der Waals surface area contributed by atoms with E-state index in [1.54, 1.807) is 7.05 Å². The van der Waals surface area contributed by atoms with E-state index in [0.29, 0.717) is 19.2 Å². The van der Waals surface area contributed by atoms with Gasteiger partial charge in [-0.3, -0.25) is 10.4 Å². The van der Waals surface area contributed by atoms with Gasteiger partial charge in [0.2, 0.25) is 5.96 Å². The Labute approximate surface area is 106 Å². The second kappa shape index (κ2) is 6.11. The number of fused-ring (bicyclic) bond motifs is 1. The first-order chi connectivity index (χ1) is 8.83. The number of aliphatic imine (C=N–C) groups is 1. The number of hydrogen-bond donors (Lipinski definition) is 3. The highest BCUT2D eigenvalue weighted by molar-refractivity contribution is 5.78. The van der Waals surface area contributed by atoms with Crippen molar-refractivity contribution >= 4 is 5.96 Å². The van der Waals surface area contributed by atoms with E-state index in [9.17, 15) is 0 Å². The molecule has 18 heavy (non-hydrogen) atoms. The lowest BCUT2D eigenvalue weighted by Crippen LogP contribution is -2.42. The summed E-state index contributed by atoms with van der Waals surface area (Å²) in [7, 11) is 1.67. The molecule has 0 radical (unpaired) electrons. The van der Waals surface area contributed by atoms with Gasteiger partial charge >= 0.3 is 0 Å². The fraction of sp³-hybridized carbons (Fsp3) is 0.417. The molecule has 0 aromatic heterocycles. The minimum Gasteiger partial charge on any atom is -0.486 e. The third-order valence-corrected chi connectivity index (χ3v) is 2.67. The van der Waals surface area contributed by atoms with Crippen molar-refractivity contribution in [1.82, 2.24) is 10.7 Å². The molecule has 0 amide bonds. The predicted molar refractivity (Wildman–Crippen MR) is 69.8 cm³/mol. The van der Waals surface area contributed by atoms with Gasteiger partial charge < -0.3 is 14.8 Å². The molecule has 0 saturated heterocycles. The summed E-state index contributed by atoms with van der Waals surface area (Å²) >= 11 is 0. The van der Waals surface area contributed by atoms with E-state index in [1.165, 1.54) is 5.56 Å². The van der Waals surface area contributed by atoms with Crippen molar-refractivity contribution in [3.05, 3.63) is 23.8 Å². The molecule has 1 aromatic rings. The molecule has 6 heteroatoms. The number of ether oxygens (including phenoxy) is 2. The molecule has 98 valence electrons. The minimum absolute atomic E-state index is 0.576. The van der Waals surface area contributed by atoms with Gasteiger partial charge in [0.05, 0.1) is 0 Å². The van der Waals surface area contributed by atoms with Crippen LogP contribution >= 0.6 is 0 Å². The first-order valence-corrected chi connectivity index (χ1v) is 5.89. The van der Waals surface area contributed by atoms with Gasteiger partial charge in [0.15, 0.2) is 11.5 Å². The maximum atomic E-state index is 5.53. The van der Waals surface area contributed by atoms with E-state index < -0.39 is 0 Å². The lowest BCUT2D eigenvalue weighted by molar-refractivity contribution is 0.171. The van der Waals surface area contributed by atoms with Crippen LogP contribution in [-0.4, -0.2) is 32.8 Å². The molecule has 1 aliphatic rings. The largest absolute Gasteiger partial charge is 0.486 e. The van der Waals surface area contributed by atoms with E-state index in [0.717, 1.165) is 24.5 Å². The number of rotatable bonds is 3. The summed E-state index contributed by atoms with van der Waals surface area (Å²) in [5.74, 6) is 7.49. The number of benzene rings is 1. The van der Waals surface area contributed by atoms with E-state index in [-0.39, 0.29) is 0 Å². The molecule has 0 atom stereocenters. The van der Waals surface area contributed by atoms with Crippen molar-refractivity contribution in [2.45, 2.75) is 6.42 Å². The summed E-state index contributed by atoms with van der Waals surface area (Å²) < 4.78 is 11.0. The smallest absolute Gasteiger partial charge is 0.205 e. The molecular formula is C12H18N4O2. The second-order valence-corrected chi connectivity index (χ2v) is 3.87. The number of nitrogens with one attached hydrogen (secondary N) is 2. The Kier molecular flexibility index (Phi) is 4.25. The van der Waals surface area contributed by atoms with Gasteiger partial charge in [0.1, 0.15) is 13.2 Å². The van der Waals surface area contributed by atoms with Gasteiger partial charge in [0.25, 0.3) is 0 Å². The SMILES string of the molecule is CN=C(NN)NCCc1ccc2c(c1)OCCO2. The highest BCUT2D eigenvalue weighted by atomic mass is 16.6. The van der Waals surface area contributed by atoms with Crippen molar-refractivity contribution < 1.29 is 9.47 Å². The van der Waals surface area contributed by atoms with Crippen LogP contribution in [-0.2, 0) is 6.42 Å². The zero-order chi connectivity index (χ0) is 12.8. The van der Waals surface area contributed by atoms with Crippen molar-refractivity contribution in [2.75, 3.05) is 26.8 Å². The Bertz CT molecular complexity index is 434. The van der Waals surface area contributed by atoms with Crippen LogP contribution in [0.2, 0.25) is 0 Å². The molecule has 1 heterocycles. The number of nitrogens with two attached hydrogens (primary N) is 1. The summed E-state index contributed by atoms with van der Waals surface area (Å²) in [6, 6.07) is 5.99. The average molecular weight is 250 g/mol. The molecule has 0 aliphatic carbocycles. The molecule has 2 rings (SSSR count). The van der Waals surface area contributed by atoms with Crippen LogP contribution in [0.3, 0.4) is 0 Å². The van der Waals surface area contributed by atoms with Gasteiger partial charge in [-0.2, -0.15) is 0 Å². The fourth-order valence-electron chi connectivity index (χ4n) is 1.76. The predicted octanol–water partition coefficient (Wildman–Crippen LogP) is 0.0390. The van der Waals surface area contributed by atoms with Crippen LogP contribution in [0.1, 0.15) is 5.56 Å². The monoisotopic (exact) mass is 250 g/mol. The molecule has 0 fully saturated rings. The normalized spacial score (nSPS) is 14.2. The summed E-state index contributed by atoms with van der Waals surface area (Å²) in [6.07, 6.45) is 0.858.